The summed E-state index contributed by atoms with van der Waals surface area (Å²) < 4.78 is 62.2. The molecule has 5 nitrogen and oxygen atoms in total. The molecule has 3 unspecified atom stereocenters. The van der Waals surface area contributed by atoms with Crippen LogP contribution >= 0.6 is 0 Å². The summed E-state index contributed by atoms with van der Waals surface area (Å²) in [6.45, 7) is 2.98. The first kappa shape index (κ1) is 17.1. The molecule has 0 heterocycles. The summed E-state index contributed by atoms with van der Waals surface area (Å²) in [7, 11) is -5.62. The van der Waals surface area contributed by atoms with Gasteiger partial charge in [0.15, 0.2) is 6.10 Å². The first-order valence-corrected chi connectivity index (χ1v) is 9.46. The van der Waals surface area contributed by atoms with Gasteiger partial charge in [-0.15, -0.1) is 0 Å². The van der Waals surface area contributed by atoms with Gasteiger partial charge in [0.05, 0.1) is 5.41 Å². The Morgan fingerprint density at radius 1 is 1.26 bits per heavy atom. The van der Waals surface area contributed by atoms with Crippen molar-refractivity contribution in [2.75, 3.05) is 0 Å². The van der Waals surface area contributed by atoms with Crippen molar-refractivity contribution in [2.45, 2.75) is 57.3 Å². The minimum Gasteiger partial charge on any atom is -0.454 e. The Morgan fingerprint density at radius 3 is 2.26 bits per heavy atom. The lowest BCUT2D eigenvalue weighted by molar-refractivity contribution is -0.190. The zero-order valence-electron chi connectivity index (χ0n) is 13.2. The maximum Gasteiger partial charge on any atom is 0.405 e. The van der Waals surface area contributed by atoms with Crippen LogP contribution in [0.1, 0.15) is 46.0 Å². The minimum absolute atomic E-state index is 0.409. The van der Waals surface area contributed by atoms with Gasteiger partial charge in [0.25, 0.3) is 0 Å². The Labute approximate surface area is 134 Å². The lowest BCUT2D eigenvalue weighted by atomic mass is 9.46. The molecule has 4 fully saturated rings. The van der Waals surface area contributed by atoms with Crippen LogP contribution < -0.4 is 0 Å². The molecule has 1 N–H and O–H groups in total. The van der Waals surface area contributed by atoms with Crippen LogP contribution in [0, 0.1) is 29.1 Å². The summed E-state index contributed by atoms with van der Waals surface area (Å²) in [5, 5.41) is -4.50. The van der Waals surface area contributed by atoms with Crippen LogP contribution in [-0.2, 0) is 19.6 Å². The molecule has 23 heavy (non-hydrogen) atoms. The molecule has 0 saturated heterocycles. The molecule has 0 aromatic heterocycles. The highest BCUT2D eigenvalue weighted by molar-refractivity contribution is 7.86. The third-order valence-electron chi connectivity index (χ3n) is 6.28. The highest BCUT2D eigenvalue weighted by atomic mass is 32.2. The Kier molecular flexibility index (Phi) is 3.80. The Morgan fingerprint density at radius 2 is 1.78 bits per heavy atom. The Balaban J connectivity index is 1.77. The number of rotatable bonds is 4. The topological polar surface area (TPSA) is 80.7 Å². The monoisotopic (exact) mass is 352 g/mol. The molecule has 3 atom stereocenters. The highest BCUT2D eigenvalue weighted by Crippen LogP contribution is 2.62. The molecular formula is C15H22F2O5S. The van der Waals surface area contributed by atoms with Crippen LogP contribution in [0.2, 0.25) is 0 Å². The van der Waals surface area contributed by atoms with Crippen LogP contribution in [-0.4, -0.2) is 30.3 Å². The molecule has 8 heteroatoms. The van der Waals surface area contributed by atoms with Crippen molar-refractivity contribution >= 4 is 16.1 Å². The zero-order valence-corrected chi connectivity index (χ0v) is 14.0. The molecule has 0 amide bonds. The lowest BCUT2D eigenvalue weighted by Crippen LogP contribution is -2.55. The number of carbonyl (C=O) groups excluding carboxylic acids is 1. The molecule has 4 aliphatic carbocycles. The van der Waals surface area contributed by atoms with Crippen molar-refractivity contribution in [3.8, 4) is 0 Å². The molecular weight excluding hydrogens is 330 g/mol. The van der Waals surface area contributed by atoms with Gasteiger partial charge in [0.2, 0.25) is 0 Å². The quantitative estimate of drug-likeness (QED) is 0.621. The summed E-state index contributed by atoms with van der Waals surface area (Å²) in [5.74, 6) is 1.04. The van der Waals surface area contributed by atoms with Gasteiger partial charge in [-0.1, -0.05) is 6.92 Å². The third kappa shape index (κ3) is 2.58. The predicted octanol–water partition coefficient (Wildman–Crippen LogP) is 2.86. The van der Waals surface area contributed by atoms with E-state index >= 15 is 0 Å². The van der Waals surface area contributed by atoms with E-state index in [0.29, 0.717) is 42.9 Å². The van der Waals surface area contributed by atoms with Gasteiger partial charge >= 0.3 is 21.3 Å². The van der Waals surface area contributed by atoms with Crippen molar-refractivity contribution in [1.82, 2.24) is 0 Å². The van der Waals surface area contributed by atoms with E-state index in [0.717, 1.165) is 19.8 Å². The van der Waals surface area contributed by atoms with E-state index in [1.54, 1.807) is 0 Å². The van der Waals surface area contributed by atoms with Crippen LogP contribution in [0.15, 0.2) is 0 Å². The van der Waals surface area contributed by atoms with Gasteiger partial charge in [-0.05, 0) is 62.7 Å². The standard InChI is InChI=1S/C15H22F2O5S/c1-8-11-3-10-4-12(8)7-14(5-10,6-11)13(18)22-9(2)15(16,17)23(19,20)21/h8-12H,3-7H2,1-2H3,(H,19,20,21). The van der Waals surface area contributed by atoms with Crippen molar-refractivity contribution in [3.63, 3.8) is 0 Å². The number of carbonyl (C=O) groups is 1. The molecule has 4 saturated carbocycles. The van der Waals surface area contributed by atoms with Crippen molar-refractivity contribution < 1.29 is 31.3 Å². The van der Waals surface area contributed by atoms with E-state index in [9.17, 15) is 22.0 Å². The lowest BCUT2D eigenvalue weighted by Gasteiger charge is -2.58. The summed E-state index contributed by atoms with van der Waals surface area (Å²) >= 11 is 0. The summed E-state index contributed by atoms with van der Waals surface area (Å²) in [5.41, 5.74) is -0.757. The SMILES string of the molecule is CC1C2CC3CC1CC(C(=O)OC(C)C(F)(F)S(=O)(=O)O)(C3)C2. The Bertz CT molecular complexity index is 601. The first-order chi connectivity index (χ1) is 10.5. The largest absolute Gasteiger partial charge is 0.454 e. The highest BCUT2D eigenvalue weighted by Gasteiger charge is 2.60. The number of hydrogen-bond acceptors (Lipinski definition) is 4. The fourth-order valence-electron chi connectivity index (χ4n) is 5.09. The van der Waals surface area contributed by atoms with Gasteiger partial charge in [-0.3, -0.25) is 9.35 Å². The maximum absolute atomic E-state index is 13.6. The molecule has 0 radical (unpaired) electrons. The molecule has 0 spiro atoms. The van der Waals surface area contributed by atoms with E-state index in [-0.39, 0.29) is 0 Å². The smallest absolute Gasteiger partial charge is 0.405 e. The average molecular weight is 352 g/mol. The fraction of sp³-hybridized carbons (Fsp3) is 0.933. The van der Waals surface area contributed by atoms with E-state index < -0.39 is 32.9 Å². The van der Waals surface area contributed by atoms with E-state index in [2.05, 4.69) is 6.92 Å². The summed E-state index contributed by atoms with van der Waals surface area (Å²) in [6.07, 6.45) is 1.83. The average Bonchev–Trinajstić information content (AvgIpc) is 2.42. The van der Waals surface area contributed by atoms with E-state index in [1.807, 2.05) is 0 Å². The predicted molar refractivity (Wildman–Crippen MR) is 77.2 cm³/mol. The molecule has 0 aromatic rings. The van der Waals surface area contributed by atoms with Crippen LogP contribution in [0.5, 0.6) is 0 Å². The normalized spacial score (nSPS) is 40.9. The van der Waals surface area contributed by atoms with Gasteiger partial charge in [0.1, 0.15) is 0 Å². The zero-order chi connectivity index (χ0) is 17.2. The van der Waals surface area contributed by atoms with Crippen LogP contribution in [0.4, 0.5) is 8.78 Å². The van der Waals surface area contributed by atoms with Gasteiger partial charge in [-0.25, -0.2) is 0 Å². The van der Waals surface area contributed by atoms with Crippen LogP contribution in [0.3, 0.4) is 0 Å². The molecule has 4 rings (SSSR count). The first-order valence-electron chi connectivity index (χ1n) is 8.02. The molecule has 132 valence electrons. The van der Waals surface area contributed by atoms with Gasteiger partial charge in [0, 0.05) is 0 Å². The number of halogens is 2. The summed E-state index contributed by atoms with van der Waals surface area (Å²) in [6, 6.07) is 0. The number of esters is 1. The second kappa shape index (κ2) is 5.12. The molecule has 4 aliphatic rings. The number of hydrogen-bond donors (Lipinski definition) is 1. The second-order valence-electron chi connectivity index (χ2n) is 7.69. The van der Waals surface area contributed by atoms with Gasteiger partial charge in [-0.2, -0.15) is 17.2 Å². The molecule has 4 bridgehead atoms. The molecule has 0 aromatic carbocycles. The van der Waals surface area contributed by atoms with E-state index in [4.69, 9.17) is 9.29 Å². The third-order valence-corrected chi connectivity index (χ3v) is 7.30. The Hall–Kier alpha value is -0.760. The van der Waals surface area contributed by atoms with Crippen molar-refractivity contribution in [3.05, 3.63) is 0 Å². The summed E-state index contributed by atoms with van der Waals surface area (Å²) in [4.78, 5) is 12.6. The van der Waals surface area contributed by atoms with E-state index in [1.165, 1.54) is 0 Å². The van der Waals surface area contributed by atoms with Gasteiger partial charge < -0.3 is 4.74 Å². The second-order valence-corrected chi connectivity index (χ2v) is 9.19. The fourth-order valence-corrected chi connectivity index (χ4v) is 5.56. The number of alkyl halides is 2. The van der Waals surface area contributed by atoms with Crippen LogP contribution in [0.25, 0.3) is 0 Å². The molecule has 0 aliphatic heterocycles. The minimum atomic E-state index is -5.62. The van der Waals surface area contributed by atoms with Crippen molar-refractivity contribution in [1.29, 1.82) is 0 Å². The number of ether oxygens (including phenoxy) is 1. The van der Waals surface area contributed by atoms with Crippen molar-refractivity contribution in [2.24, 2.45) is 29.1 Å². The maximum atomic E-state index is 13.6.